The molecule has 0 saturated carbocycles. The molecule has 1 amide bonds. The van der Waals surface area contributed by atoms with Crippen molar-refractivity contribution in [1.29, 1.82) is 0 Å². The highest BCUT2D eigenvalue weighted by molar-refractivity contribution is 6.18. The number of alkyl halides is 1. The fraction of sp³-hybridized carbons (Fsp3) is 0.533. The van der Waals surface area contributed by atoms with E-state index in [1.807, 2.05) is 7.05 Å². The molecular weight excluding hydrogens is 246 g/mol. The number of halogens is 1. The molecule has 0 fully saturated rings. The average molecular weight is 268 g/mol. The lowest BCUT2D eigenvalue weighted by atomic mass is 10.1. The topological polar surface area (TPSA) is 20.3 Å². The lowest BCUT2D eigenvalue weighted by molar-refractivity contribution is -0.129. The van der Waals surface area contributed by atoms with Gasteiger partial charge in [-0.1, -0.05) is 37.6 Å². The van der Waals surface area contributed by atoms with Crippen LogP contribution in [0.2, 0.25) is 0 Å². The predicted molar refractivity (Wildman–Crippen MR) is 77.1 cm³/mol. The molecule has 2 nitrogen and oxygen atoms in total. The Kier molecular flexibility index (Phi) is 6.81. The maximum Gasteiger partial charge on any atom is 0.223 e. The zero-order valence-electron chi connectivity index (χ0n) is 11.3. The second kappa shape index (κ2) is 8.15. The van der Waals surface area contributed by atoms with Crippen LogP contribution in [0.5, 0.6) is 0 Å². The largest absolute Gasteiger partial charge is 0.345 e. The molecule has 0 bridgehead atoms. The molecule has 1 rings (SSSR count). The molecule has 0 aliphatic carbocycles. The summed E-state index contributed by atoms with van der Waals surface area (Å²) in [6, 6.07) is 8.68. The molecular formula is C15H22ClNO. The van der Waals surface area contributed by atoms with Gasteiger partial charge in [-0.2, -0.15) is 0 Å². The first-order valence-corrected chi connectivity index (χ1v) is 7.08. The van der Waals surface area contributed by atoms with Crippen LogP contribution < -0.4 is 0 Å². The molecule has 1 aromatic carbocycles. The van der Waals surface area contributed by atoms with E-state index in [-0.39, 0.29) is 5.91 Å². The quantitative estimate of drug-likeness (QED) is 0.695. The van der Waals surface area contributed by atoms with Crippen molar-refractivity contribution in [2.24, 2.45) is 0 Å². The first kappa shape index (κ1) is 15.0. The Labute approximate surface area is 115 Å². The highest BCUT2D eigenvalue weighted by Crippen LogP contribution is 2.08. The van der Waals surface area contributed by atoms with E-state index in [9.17, 15) is 4.79 Å². The van der Waals surface area contributed by atoms with Crippen LogP contribution >= 0.6 is 11.6 Å². The zero-order valence-corrected chi connectivity index (χ0v) is 12.0. The second-order valence-corrected chi connectivity index (χ2v) is 4.95. The normalized spacial score (nSPS) is 10.4. The van der Waals surface area contributed by atoms with Crippen LogP contribution in [0.4, 0.5) is 0 Å². The minimum Gasteiger partial charge on any atom is -0.345 e. The van der Waals surface area contributed by atoms with Gasteiger partial charge < -0.3 is 4.90 Å². The van der Waals surface area contributed by atoms with Gasteiger partial charge in [-0.3, -0.25) is 4.79 Å². The Morgan fingerprint density at radius 1 is 1.17 bits per heavy atom. The van der Waals surface area contributed by atoms with Crippen molar-refractivity contribution in [2.75, 3.05) is 19.5 Å². The minimum absolute atomic E-state index is 0.118. The number of benzene rings is 1. The smallest absolute Gasteiger partial charge is 0.223 e. The van der Waals surface area contributed by atoms with Crippen molar-refractivity contribution in [3.63, 3.8) is 0 Å². The molecule has 0 heterocycles. The summed E-state index contributed by atoms with van der Waals surface area (Å²) in [5.41, 5.74) is 2.66. The van der Waals surface area contributed by atoms with E-state index in [0.717, 1.165) is 19.4 Å². The molecule has 0 spiro atoms. The molecule has 0 N–H and O–H groups in total. The van der Waals surface area contributed by atoms with E-state index in [2.05, 4.69) is 31.2 Å². The Balaban J connectivity index is 2.41. The first-order chi connectivity index (χ1) is 8.67. The van der Waals surface area contributed by atoms with Gasteiger partial charge in [-0.15, -0.1) is 11.6 Å². The molecule has 100 valence electrons. The van der Waals surface area contributed by atoms with E-state index in [4.69, 9.17) is 11.6 Å². The number of carbonyl (C=O) groups excluding carboxylic acids is 1. The molecule has 3 heteroatoms. The van der Waals surface area contributed by atoms with Gasteiger partial charge in [0, 0.05) is 25.9 Å². The van der Waals surface area contributed by atoms with E-state index in [0.29, 0.717) is 12.3 Å². The van der Waals surface area contributed by atoms with Gasteiger partial charge >= 0.3 is 0 Å². The number of hydrogen-bond donors (Lipinski definition) is 0. The first-order valence-electron chi connectivity index (χ1n) is 6.55. The second-order valence-electron chi connectivity index (χ2n) is 4.57. The van der Waals surface area contributed by atoms with Crippen molar-refractivity contribution >= 4 is 17.5 Å². The average Bonchev–Trinajstić information content (AvgIpc) is 2.38. The standard InChI is InChI=1S/C15H22ClNO/c1-3-4-13-5-7-14(8-6-13)10-12-17(2)15(18)9-11-16/h5-8H,3-4,9-12H2,1-2H3. The van der Waals surface area contributed by atoms with Crippen LogP contribution in [0, 0.1) is 0 Å². The maximum absolute atomic E-state index is 11.5. The summed E-state index contributed by atoms with van der Waals surface area (Å²) < 4.78 is 0. The van der Waals surface area contributed by atoms with Crippen LogP contribution in [0.1, 0.15) is 30.9 Å². The Hall–Kier alpha value is -1.02. The van der Waals surface area contributed by atoms with Crippen molar-refractivity contribution < 1.29 is 4.79 Å². The van der Waals surface area contributed by atoms with Gasteiger partial charge in [0.25, 0.3) is 0 Å². The summed E-state index contributed by atoms with van der Waals surface area (Å²) in [4.78, 5) is 13.3. The SMILES string of the molecule is CCCc1ccc(CCN(C)C(=O)CCCl)cc1. The van der Waals surface area contributed by atoms with E-state index in [1.165, 1.54) is 17.5 Å². The number of hydrogen-bond acceptors (Lipinski definition) is 1. The van der Waals surface area contributed by atoms with Crippen molar-refractivity contribution in [1.82, 2.24) is 4.90 Å². The third-order valence-corrected chi connectivity index (χ3v) is 3.22. The monoisotopic (exact) mass is 267 g/mol. The lowest BCUT2D eigenvalue weighted by Crippen LogP contribution is -2.28. The van der Waals surface area contributed by atoms with Gasteiger partial charge in [0.1, 0.15) is 0 Å². The molecule has 0 atom stereocenters. The van der Waals surface area contributed by atoms with E-state index < -0.39 is 0 Å². The van der Waals surface area contributed by atoms with Crippen molar-refractivity contribution in [3.8, 4) is 0 Å². The van der Waals surface area contributed by atoms with Gasteiger partial charge in [0.2, 0.25) is 5.91 Å². The number of amides is 1. The third-order valence-electron chi connectivity index (χ3n) is 3.03. The highest BCUT2D eigenvalue weighted by Gasteiger charge is 2.07. The molecule has 0 saturated heterocycles. The van der Waals surface area contributed by atoms with Crippen molar-refractivity contribution in [2.45, 2.75) is 32.6 Å². The fourth-order valence-corrected chi connectivity index (χ4v) is 2.02. The molecule has 18 heavy (non-hydrogen) atoms. The Morgan fingerprint density at radius 2 is 1.72 bits per heavy atom. The number of likely N-dealkylation sites (N-methyl/N-ethyl adjacent to an activating group) is 1. The van der Waals surface area contributed by atoms with Gasteiger partial charge in [0.05, 0.1) is 0 Å². The van der Waals surface area contributed by atoms with Crippen LogP contribution in [0.25, 0.3) is 0 Å². The van der Waals surface area contributed by atoms with E-state index in [1.54, 1.807) is 4.90 Å². The van der Waals surface area contributed by atoms with Crippen LogP contribution in [0.15, 0.2) is 24.3 Å². The van der Waals surface area contributed by atoms with Crippen molar-refractivity contribution in [3.05, 3.63) is 35.4 Å². The van der Waals surface area contributed by atoms with Crippen LogP contribution in [0.3, 0.4) is 0 Å². The fourth-order valence-electron chi connectivity index (χ4n) is 1.85. The summed E-state index contributed by atoms with van der Waals surface area (Å²) in [6.45, 7) is 2.94. The molecule has 0 aliphatic heterocycles. The van der Waals surface area contributed by atoms with Crippen LogP contribution in [-0.4, -0.2) is 30.3 Å². The molecule has 1 aromatic rings. The number of carbonyl (C=O) groups is 1. The minimum atomic E-state index is 0.118. The Bertz CT molecular complexity index is 361. The van der Waals surface area contributed by atoms with Gasteiger partial charge in [-0.25, -0.2) is 0 Å². The summed E-state index contributed by atoms with van der Waals surface area (Å²) in [7, 11) is 1.83. The number of aryl methyl sites for hydroxylation is 1. The lowest BCUT2D eigenvalue weighted by Gasteiger charge is -2.16. The summed E-state index contributed by atoms with van der Waals surface area (Å²) in [5.74, 6) is 0.516. The molecule has 0 unspecified atom stereocenters. The summed E-state index contributed by atoms with van der Waals surface area (Å²) >= 11 is 5.56. The summed E-state index contributed by atoms with van der Waals surface area (Å²) in [5, 5.41) is 0. The number of rotatable bonds is 7. The van der Waals surface area contributed by atoms with Gasteiger partial charge in [0.15, 0.2) is 0 Å². The van der Waals surface area contributed by atoms with Crippen LogP contribution in [-0.2, 0) is 17.6 Å². The third kappa shape index (κ3) is 5.09. The summed E-state index contributed by atoms with van der Waals surface area (Å²) in [6.07, 6.45) is 3.63. The molecule has 0 aromatic heterocycles. The maximum atomic E-state index is 11.5. The number of nitrogens with zero attached hydrogens (tertiary/aromatic N) is 1. The Morgan fingerprint density at radius 3 is 2.22 bits per heavy atom. The van der Waals surface area contributed by atoms with E-state index >= 15 is 0 Å². The highest BCUT2D eigenvalue weighted by atomic mass is 35.5. The predicted octanol–water partition coefficient (Wildman–Crippen LogP) is 3.27. The molecule has 0 radical (unpaired) electrons. The molecule has 0 aliphatic rings. The van der Waals surface area contributed by atoms with Gasteiger partial charge in [-0.05, 0) is 24.0 Å². The zero-order chi connectivity index (χ0) is 13.4.